The summed E-state index contributed by atoms with van der Waals surface area (Å²) < 4.78 is 0.532. The van der Waals surface area contributed by atoms with E-state index in [0.29, 0.717) is 9.71 Å². The molecular weight excluding hydrogens is 335 g/mol. The van der Waals surface area contributed by atoms with Crippen molar-refractivity contribution in [2.45, 2.75) is 89.4 Å². The van der Waals surface area contributed by atoms with E-state index in [1.54, 1.807) is 0 Å². The van der Waals surface area contributed by atoms with Crippen LogP contribution in [-0.2, 0) is 4.79 Å². The van der Waals surface area contributed by atoms with Crippen LogP contribution in [-0.4, -0.2) is 9.71 Å². The van der Waals surface area contributed by atoms with Gasteiger partial charge in [-0.3, -0.25) is 4.79 Å². The van der Waals surface area contributed by atoms with E-state index in [-0.39, 0.29) is 5.41 Å². The largest absolute Gasteiger partial charge is 0.299 e. The van der Waals surface area contributed by atoms with Crippen molar-refractivity contribution in [3.8, 4) is 0 Å². The van der Waals surface area contributed by atoms with E-state index in [0.717, 1.165) is 6.42 Å². The summed E-state index contributed by atoms with van der Waals surface area (Å²) >= 11 is 2.45. The predicted molar refractivity (Wildman–Crippen MR) is 89.5 cm³/mol. The Kier molecular flexibility index (Phi) is 10.4. The Bertz CT molecular complexity index is 218. The lowest BCUT2D eigenvalue weighted by molar-refractivity contribution is -0.126. The van der Waals surface area contributed by atoms with E-state index in [4.69, 9.17) is 0 Å². The molecule has 0 amide bonds. The highest BCUT2D eigenvalue weighted by atomic mass is 127. The van der Waals surface area contributed by atoms with Crippen molar-refractivity contribution in [2.75, 3.05) is 0 Å². The lowest BCUT2D eigenvalue weighted by atomic mass is 9.87. The molecule has 0 fully saturated rings. The molecule has 0 aliphatic rings. The average Bonchev–Trinajstić information content (AvgIpc) is 2.26. The molecule has 2 heteroatoms. The third-order valence-corrected chi connectivity index (χ3v) is 4.43. The Morgan fingerprint density at radius 3 is 2.00 bits per heavy atom. The zero-order valence-electron chi connectivity index (χ0n) is 12.7. The third kappa shape index (κ3) is 10.3. The molecule has 1 atom stereocenters. The number of ketones is 1. The molecule has 0 rings (SSSR count). The van der Waals surface area contributed by atoms with E-state index >= 15 is 0 Å². The Labute approximate surface area is 128 Å². The van der Waals surface area contributed by atoms with Crippen molar-refractivity contribution in [3.05, 3.63) is 0 Å². The average molecular weight is 366 g/mol. The minimum Gasteiger partial charge on any atom is -0.299 e. The maximum absolute atomic E-state index is 11.9. The van der Waals surface area contributed by atoms with Crippen molar-refractivity contribution in [2.24, 2.45) is 5.41 Å². The number of hydrogen-bond acceptors (Lipinski definition) is 1. The van der Waals surface area contributed by atoms with Gasteiger partial charge in [0.2, 0.25) is 0 Å². The van der Waals surface area contributed by atoms with Crippen LogP contribution in [0, 0.1) is 5.41 Å². The second-order valence-electron chi connectivity index (χ2n) is 6.38. The summed E-state index contributed by atoms with van der Waals surface area (Å²) in [4.78, 5) is 11.9. The van der Waals surface area contributed by atoms with Crippen LogP contribution in [0.3, 0.4) is 0 Å². The second kappa shape index (κ2) is 10.2. The van der Waals surface area contributed by atoms with Crippen molar-refractivity contribution >= 4 is 28.4 Å². The fraction of sp³-hybridized carbons (Fsp3) is 0.938. The normalized spacial score (nSPS) is 13.6. The molecule has 18 heavy (non-hydrogen) atoms. The standard InChI is InChI=1S/C16H31IO/c1-5-6-7-8-9-10-11-12-14(17)13-15(18)16(2,3)4/h14H,5-13H2,1-4H3. The summed E-state index contributed by atoms with van der Waals surface area (Å²) in [7, 11) is 0. The molecule has 0 saturated carbocycles. The molecule has 1 nitrogen and oxygen atoms in total. The monoisotopic (exact) mass is 366 g/mol. The highest BCUT2D eigenvalue weighted by Gasteiger charge is 2.23. The van der Waals surface area contributed by atoms with Crippen LogP contribution < -0.4 is 0 Å². The zero-order chi connectivity index (χ0) is 14.0. The number of halogens is 1. The fourth-order valence-electron chi connectivity index (χ4n) is 1.93. The molecule has 0 spiro atoms. The predicted octanol–water partition coefficient (Wildman–Crippen LogP) is 5.94. The first kappa shape index (κ1) is 18.4. The minimum absolute atomic E-state index is 0.163. The fourth-order valence-corrected chi connectivity index (χ4v) is 2.77. The highest BCUT2D eigenvalue weighted by molar-refractivity contribution is 14.1. The second-order valence-corrected chi connectivity index (χ2v) is 8.15. The smallest absolute Gasteiger partial charge is 0.139 e. The Hall–Kier alpha value is 0.400. The van der Waals surface area contributed by atoms with E-state index in [1.807, 2.05) is 20.8 Å². The first-order valence-electron chi connectivity index (χ1n) is 7.55. The molecule has 108 valence electrons. The molecule has 0 saturated heterocycles. The maximum atomic E-state index is 11.9. The van der Waals surface area contributed by atoms with Gasteiger partial charge in [0.15, 0.2) is 0 Å². The van der Waals surface area contributed by atoms with Gasteiger partial charge in [0.05, 0.1) is 0 Å². The van der Waals surface area contributed by atoms with E-state index in [1.165, 1.54) is 51.4 Å². The first-order valence-corrected chi connectivity index (χ1v) is 8.80. The lowest BCUT2D eigenvalue weighted by Gasteiger charge is -2.18. The molecule has 0 heterocycles. The number of unbranched alkanes of at least 4 members (excludes halogenated alkanes) is 6. The van der Waals surface area contributed by atoms with Crippen LogP contribution in [0.2, 0.25) is 0 Å². The molecule has 0 radical (unpaired) electrons. The number of rotatable bonds is 10. The third-order valence-electron chi connectivity index (χ3n) is 3.36. The Morgan fingerprint density at radius 1 is 1.00 bits per heavy atom. The van der Waals surface area contributed by atoms with E-state index < -0.39 is 0 Å². The van der Waals surface area contributed by atoms with Gasteiger partial charge in [-0.05, 0) is 6.42 Å². The number of hydrogen-bond donors (Lipinski definition) is 0. The van der Waals surface area contributed by atoms with Crippen LogP contribution >= 0.6 is 22.6 Å². The van der Waals surface area contributed by atoms with Gasteiger partial charge in [-0.15, -0.1) is 0 Å². The molecule has 0 aromatic carbocycles. The molecular formula is C16H31IO. The lowest BCUT2D eigenvalue weighted by Crippen LogP contribution is -2.23. The summed E-state index contributed by atoms with van der Waals surface area (Å²) in [6.45, 7) is 8.32. The molecule has 0 aliphatic heterocycles. The first-order chi connectivity index (χ1) is 8.38. The van der Waals surface area contributed by atoms with Crippen LogP contribution in [0.25, 0.3) is 0 Å². The van der Waals surface area contributed by atoms with Gasteiger partial charge in [0, 0.05) is 15.8 Å². The summed E-state index contributed by atoms with van der Waals surface area (Å²) in [5.74, 6) is 0.407. The van der Waals surface area contributed by atoms with Gasteiger partial charge in [-0.25, -0.2) is 0 Å². The summed E-state index contributed by atoms with van der Waals surface area (Å²) in [6, 6.07) is 0. The highest BCUT2D eigenvalue weighted by Crippen LogP contribution is 2.23. The number of Topliss-reactive ketones (excluding diaryl/α,β-unsaturated/α-hetero) is 1. The van der Waals surface area contributed by atoms with Gasteiger partial charge < -0.3 is 0 Å². The van der Waals surface area contributed by atoms with Crippen molar-refractivity contribution in [1.82, 2.24) is 0 Å². The number of alkyl halides is 1. The quantitative estimate of drug-likeness (QED) is 0.266. The van der Waals surface area contributed by atoms with Crippen molar-refractivity contribution in [1.29, 1.82) is 0 Å². The molecule has 0 N–H and O–H groups in total. The van der Waals surface area contributed by atoms with Crippen molar-refractivity contribution in [3.63, 3.8) is 0 Å². The molecule has 0 aromatic heterocycles. The topological polar surface area (TPSA) is 17.1 Å². The number of carbonyl (C=O) groups is 1. The van der Waals surface area contributed by atoms with Crippen LogP contribution in [0.5, 0.6) is 0 Å². The van der Waals surface area contributed by atoms with Gasteiger partial charge in [-0.1, -0.05) is 95.2 Å². The van der Waals surface area contributed by atoms with Crippen LogP contribution in [0.4, 0.5) is 0 Å². The SMILES string of the molecule is CCCCCCCCCC(I)CC(=O)C(C)(C)C. The Balaban J connectivity index is 3.48. The summed E-state index contributed by atoms with van der Waals surface area (Å²) in [5.41, 5.74) is -0.163. The van der Waals surface area contributed by atoms with Crippen LogP contribution in [0.1, 0.15) is 85.5 Å². The molecule has 0 aromatic rings. The zero-order valence-corrected chi connectivity index (χ0v) is 14.9. The summed E-state index contributed by atoms with van der Waals surface area (Å²) in [5, 5.41) is 0. The van der Waals surface area contributed by atoms with Gasteiger partial charge in [-0.2, -0.15) is 0 Å². The molecule has 0 bridgehead atoms. The minimum atomic E-state index is -0.163. The van der Waals surface area contributed by atoms with Gasteiger partial charge in [0.1, 0.15) is 5.78 Å². The molecule has 1 unspecified atom stereocenters. The maximum Gasteiger partial charge on any atom is 0.139 e. The number of carbonyl (C=O) groups excluding carboxylic acids is 1. The van der Waals surface area contributed by atoms with Crippen molar-refractivity contribution < 1.29 is 4.79 Å². The molecule has 0 aliphatic carbocycles. The van der Waals surface area contributed by atoms with E-state index in [9.17, 15) is 4.79 Å². The summed E-state index contributed by atoms with van der Waals surface area (Å²) in [6.07, 6.45) is 11.4. The van der Waals surface area contributed by atoms with Gasteiger partial charge in [0.25, 0.3) is 0 Å². The van der Waals surface area contributed by atoms with Gasteiger partial charge >= 0.3 is 0 Å². The Morgan fingerprint density at radius 2 is 1.50 bits per heavy atom. The van der Waals surface area contributed by atoms with Crippen LogP contribution in [0.15, 0.2) is 0 Å². The van der Waals surface area contributed by atoms with E-state index in [2.05, 4.69) is 29.5 Å².